The molecule has 2 heterocycles. The number of nitrogens with zero attached hydrogens (tertiary/aromatic N) is 2. The maximum Gasteiger partial charge on any atom is 0.350 e. The van der Waals surface area contributed by atoms with E-state index in [2.05, 4.69) is 4.98 Å². The van der Waals surface area contributed by atoms with Crippen molar-refractivity contribution in [2.45, 2.75) is 13.3 Å². The van der Waals surface area contributed by atoms with E-state index in [-0.39, 0.29) is 12.5 Å². The van der Waals surface area contributed by atoms with Gasteiger partial charge in [-0.05, 0) is 37.1 Å². The van der Waals surface area contributed by atoms with E-state index in [0.29, 0.717) is 27.1 Å². The van der Waals surface area contributed by atoms with Crippen molar-refractivity contribution in [1.82, 2.24) is 4.98 Å². The Morgan fingerprint density at radius 1 is 1.21 bits per heavy atom. The summed E-state index contributed by atoms with van der Waals surface area (Å²) in [6.07, 6.45) is 0.812. The summed E-state index contributed by atoms with van der Waals surface area (Å²) in [7, 11) is 0. The number of thiazole rings is 1. The van der Waals surface area contributed by atoms with Gasteiger partial charge in [0.25, 0.3) is 5.91 Å². The predicted octanol–water partition coefficient (Wildman–Crippen LogP) is 4.52. The molecule has 0 saturated heterocycles. The van der Waals surface area contributed by atoms with Crippen LogP contribution in [0.1, 0.15) is 20.9 Å². The minimum Gasteiger partial charge on any atom is -0.451 e. The number of ether oxygens (including phenoxy) is 1. The van der Waals surface area contributed by atoms with Gasteiger partial charge in [0, 0.05) is 22.8 Å². The molecule has 0 radical (unpaired) electrons. The van der Waals surface area contributed by atoms with Gasteiger partial charge in [0.15, 0.2) is 6.61 Å². The molecule has 0 saturated carbocycles. The molecule has 28 heavy (non-hydrogen) atoms. The smallest absolute Gasteiger partial charge is 0.350 e. The molecule has 7 heteroatoms. The highest BCUT2D eigenvalue weighted by Gasteiger charge is 2.26. The minimum absolute atomic E-state index is 0.226. The summed E-state index contributed by atoms with van der Waals surface area (Å²) < 4.78 is 5.29. The van der Waals surface area contributed by atoms with Crippen molar-refractivity contribution >= 4 is 40.5 Å². The van der Waals surface area contributed by atoms with Crippen molar-refractivity contribution < 1.29 is 14.3 Å². The van der Waals surface area contributed by atoms with E-state index in [0.717, 1.165) is 23.2 Å². The third-order valence-corrected chi connectivity index (χ3v) is 5.99. The molecule has 0 fully saturated rings. The number of hydrogen-bond donors (Lipinski definition) is 0. The van der Waals surface area contributed by atoms with Gasteiger partial charge < -0.3 is 9.64 Å². The zero-order valence-corrected chi connectivity index (χ0v) is 16.7. The van der Waals surface area contributed by atoms with Crippen molar-refractivity contribution in [3.05, 3.63) is 69.7 Å². The van der Waals surface area contributed by atoms with E-state index in [1.54, 1.807) is 24.0 Å². The van der Waals surface area contributed by atoms with Crippen LogP contribution in [-0.4, -0.2) is 30.0 Å². The normalized spacial score (nSPS) is 12.7. The second-order valence-electron chi connectivity index (χ2n) is 6.44. The zero-order valence-electron chi connectivity index (χ0n) is 15.1. The molecule has 1 aliphatic heterocycles. The first kappa shape index (κ1) is 18.7. The van der Waals surface area contributed by atoms with Crippen molar-refractivity contribution in [1.29, 1.82) is 0 Å². The van der Waals surface area contributed by atoms with E-state index in [4.69, 9.17) is 16.3 Å². The third-order valence-electron chi connectivity index (χ3n) is 4.57. The quantitative estimate of drug-likeness (QED) is 0.591. The van der Waals surface area contributed by atoms with E-state index in [1.165, 1.54) is 11.3 Å². The molecule has 0 atom stereocenters. The summed E-state index contributed by atoms with van der Waals surface area (Å²) in [6, 6.07) is 15.1. The van der Waals surface area contributed by atoms with Crippen LogP contribution in [0.2, 0.25) is 5.02 Å². The molecule has 2 aromatic carbocycles. The second kappa shape index (κ2) is 7.73. The van der Waals surface area contributed by atoms with Gasteiger partial charge in [-0.1, -0.05) is 41.9 Å². The fourth-order valence-electron chi connectivity index (χ4n) is 3.20. The van der Waals surface area contributed by atoms with Gasteiger partial charge in [-0.25, -0.2) is 9.78 Å². The molecule has 0 spiro atoms. The molecule has 5 nitrogen and oxygen atoms in total. The summed E-state index contributed by atoms with van der Waals surface area (Å²) in [4.78, 5) is 31.5. The van der Waals surface area contributed by atoms with E-state index in [9.17, 15) is 9.59 Å². The van der Waals surface area contributed by atoms with Crippen molar-refractivity contribution in [3.8, 4) is 10.6 Å². The first-order valence-electron chi connectivity index (χ1n) is 8.81. The van der Waals surface area contributed by atoms with Crippen LogP contribution in [0.5, 0.6) is 0 Å². The highest BCUT2D eigenvalue weighted by Crippen LogP contribution is 2.30. The first-order valence-corrected chi connectivity index (χ1v) is 10.0. The molecule has 0 N–H and O–H groups in total. The van der Waals surface area contributed by atoms with Crippen LogP contribution in [0.4, 0.5) is 5.69 Å². The van der Waals surface area contributed by atoms with Gasteiger partial charge in [0.1, 0.15) is 9.88 Å². The first-order chi connectivity index (χ1) is 13.5. The van der Waals surface area contributed by atoms with Gasteiger partial charge in [-0.3, -0.25) is 4.79 Å². The summed E-state index contributed by atoms with van der Waals surface area (Å²) in [5.74, 6) is -0.764. The Balaban J connectivity index is 1.44. The molecule has 1 aliphatic rings. The fourth-order valence-corrected chi connectivity index (χ4v) is 4.35. The van der Waals surface area contributed by atoms with Gasteiger partial charge in [-0.15, -0.1) is 11.3 Å². The van der Waals surface area contributed by atoms with E-state index >= 15 is 0 Å². The lowest BCUT2D eigenvalue weighted by Gasteiger charge is -2.17. The standard InChI is InChI=1S/C21H17ClN2O3S/c1-13-19(28-20(23-13)15-6-4-7-16(22)11-15)21(26)27-12-18(25)24-10-9-14-5-2-3-8-17(14)24/h2-8,11H,9-10,12H2,1H3. The number of amides is 1. The maximum absolute atomic E-state index is 12.5. The number of hydrogen-bond acceptors (Lipinski definition) is 5. The highest BCUT2D eigenvalue weighted by atomic mass is 35.5. The summed E-state index contributed by atoms with van der Waals surface area (Å²) in [6.45, 7) is 2.06. The van der Waals surface area contributed by atoms with Crippen molar-refractivity contribution in [2.24, 2.45) is 0 Å². The zero-order chi connectivity index (χ0) is 19.7. The number of esters is 1. The number of anilines is 1. The molecule has 0 bridgehead atoms. The predicted molar refractivity (Wildman–Crippen MR) is 110 cm³/mol. The third kappa shape index (κ3) is 3.66. The Hall–Kier alpha value is -2.70. The van der Waals surface area contributed by atoms with Crippen LogP contribution in [0.25, 0.3) is 10.6 Å². The molecule has 4 rings (SSSR count). The fraction of sp³-hybridized carbons (Fsp3) is 0.190. The largest absolute Gasteiger partial charge is 0.451 e. The Morgan fingerprint density at radius 2 is 2.04 bits per heavy atom. The summed E-state index contributed by atoms with van der Waals surface area (Å²) in [5, 5.41) is 1.29. The number of carbonyl (C=O) groups is 2. The lowest BCUT2D eigenvalue weighted by molar-refractivity contribution is -0.121. The minimum atomic E-state index is -0.538. The second-order valence-corrected chi connectivity index (χ2v) is 7.88. The van der Waals surface area contributed by atoms with E-state index < -0.39 is 5.97 Å². The molecule has 1 aromatic heterocycles. The molecule has 142 valence electrons. The van der Waals surface area contributed by atoms with Gasteiger partial charge >= 0.3 is 5.97 Å². The Bertz CT molecular complexity index is 1060. The number of carbonyl (C=O) groups excluding carboxylic acids is 2. The summed E-state index contributed by atoms with van der Waals surface area (Å²) >= 11 is 7.26. The Kier molecular flexibility index (Phi) is 5.15. The number of rotatable bonds is 4. The van der Waals surface area contributed by atoms with Crippen LogP contribution in [-0.2, 0) is 16.0 Å². The van der Waals surface area contributed by atoms with Crippen LogP contribution < -0.4 is 4.90 Å². The average Bonchev–Trinajstić information content (AvgIpc) is 3.29. The highest BCUT2D eigenvalue weighted by molar-refractivity contribution is 7.17. The molecule has 1 amide bonds. The van der Waals surface area contributed by atoms with Crippen LogP contribution in [0.3, 0.4) is 0 Å². The summed E-state index contributed by atoms with van der Waals surface area (Å²) in [5.41, 5.74) is 3.43. The van der Waals surface area contributed by atoms with Crippen LogP contribution in [0.15, 0.2) is 48.5 Å². The maximum atomic E-state index is 12.5. The average molecular weight is 413 g/mol. The number of aryl methyl sites for hydroxylation is 1. The van der Waals surface area contributed by atoms with Crippen LogP contribution in [0, 0.1) is 6.92 Å². The van der Waals surface area contributed by atoms with Crippen LogP contribution >= 0.6 is 22.9 Å². The van der Waals surface area contributed by atoms with Gasteiger partial charge in [0.2, 0.25) is 0 Å². The number of aromatic nitrogens is 1. The molecule has 0 unspecified atom stereocenters. The monoisotopic (exact) mass is 412 g/mol. The SMILES string of the molecule is Cc1nc(-c2cccc(Cl)c2)sc1C(=O)OCC(=O)N1CCc2ccccc21. The molecular weight excluding hydrogens is 396 g/mol. The molecule has 3 aromatic rings. The lowest BCUT2D eigenvalue weighted by atomic mass is 10.2. The van der Waals surface area contributed by atoms with Crippen molar-refractivity contribution in [2.75, 3.05) is 18.1 Å². The Labute approximate surface area is 171 Å². The lowest BCUT2D eigenvalue weighted by Crippen LogP contribution is -2.33. The number of para-hydroxylation sites is 1. The van der Waals surface area contributed by atoms with Gasteiger partial charge in [0.05, 0.1) is 5.69 Å². The number of halogens is 1. The van der Waals surface area contributed by atoms with E-state index in [1.807, 2.05) is 36.4 Å². The topological polar surface area (TPSA) is 59.5 Å². The Morgan fingerprint density at radius 3 is 2.86 bits per heavy atom. The molecular formula is C21H17ClN2O3S. The van der Waals surface area contributed by atoms with Crippen molar-refractivity contribution in [3.63, 3.8) is 0 Å². The number of fused-ring (bicyclic) bond motifs is 1. The van der Waals surface area contributed by atoms with Gasteiger partial charge in [-0.2, -0.15) is 0 Å². The molecule has 0 aliphatic carbocycles. The number of benzene rings is 2.